The molecule has 0 aliphatic heterocycles. The van der Waals surface area contributed by atoms with Gasteiger partial charge in [-0.15, -0.1) is 0 Å². The Kier molecular flexibility index (Phi) is 6.98. The molecule has 2 aromatic carbocycles. The van der Waals surface area contributed by atoms with Gasteiger partial charge in [-0.2, -0.15) is 0 Å². The van der Waals surface area contributed by atoms with Gasteiger partial charge in [0.1, 0.15) is 5.69 Å². The number of hydrogen-bond donors (Lipinski definition) is 2. The van der Waals surface area contributed by atoms with E-state index in [-0.39, 0.29) is 22.8 Å². The quantitative estimate of drug-likeness (QED) is 0.278. The summed E-state index contributed by atoms with van der Waals surface area (Å²) in [5.41, 5.74) is 0.396. The van der Waals surface area contributed by atoms with Crippen molar-refractivity contribution in [2.24, 2.45) is 0 Å². The predicted molar refractivity (Wildman–Crippen MR) is 119 cm³/mol. The number of hydrogen-bond acceptors (Lipinski definition) is 8. The molecule has 0 saturated heterocycles. The molecule has 0 amide bonds. The van der Waals surface area contributed by atoms with Gasteiger partial charge in [-0.1, -0.05) is 18.2 Å². The van der Waals surface area contributed by atoms with Crippen molar-refractivity contribution in [3.05, 3.63) is 77.1 Å². The lowest BCUT2D eigenvalue weighted by atomic mass is 10.2. The second-order valence-electron chi connectivity index (χ2n) is 6.37. The van der Waals surface area contributed by atoms with Gasteiger partial charge < -0.3 is 10.6 Å². The van der Waals surface area contributed by atoms with E-state index in [1.165, 1.54) is 16.4 Å². The summed E-state index contributed by atoms with van der Waals surface area (Å²) in [6, 6.07) is 14.1. The zero-order chi connectivity index (χ0) is 22.3. The van der Waals surface area contributed by atoms with E-state index in [1.807, 2.05) is 0 Å². The number of benzene rings is 2. The fraction of sp³-hybridized carbons (Fsp3) is 0.200. The summed E-state index contributed by atoms with van der Waals surface area (Å²) >= 11 is 0. The molecular weight excluding hydrogens is 420 g/mol. The minimum absolute atomic E-state index is 0.147. The van der Waals surface area contributed by atoms with Crippen molar-refractivity contribution in [3.63, 3.8) is 0 Å². The van der Waals surface area contributed by atoms with Crippen LogP contribution in [-0.2, 0) is 10.0 Å². The Balaban J connectivity index is 1.78. The molecule has 1 aromatic heterocycles. The molecule has 2 N–H and O–H groups in total. The third-order valence-corrected chi connectivity index (χ3v) is 6.27. The van der Waals surface area contributed by atoms with Gasteiger partial charge in [0.25, 0.3) is 15.7 Å². The SMILES string of the molecule is CCN(c1ccccc1)S(=O)(=O)c1ccc(NCCNc2ncccn2)c([N+](=O)[O-])c1. The highest BCUT2D eigenvalue weighted by atomic mass is 32.2. The molecule has 0 fully saturated rings. The molecule has 10 nitrogen and oxygen atoms in total. The smallest absolute Gasteiger partial charge is 0.293 e. The lowest BCUT2D eigenvalue weighted by Gasteiger charge is -2.23. The summed E-state index contributed by atoms with van der Waals surface area (Å²) in [7, 11) is -3.97. The highest BCUT2D eigenvalue weighted by Crippen LogP contribution is 2.30. The van der Waals surface area contributed by atoms with Crippen LogP contribution in [0.15, 0.2) is 71.9 Å². The Morgan fingerprint density at radius 2 is 1.68 bits per heavy atom. The number of nitro benzene ring substituents is 1. The van der Waals surface area contributed by atoms with Crippen molar-refractivity contribution in [3.8, 4) is 0 Å². The van der Waals surface area contributed by atoms with Crippen molar-refractivity contribution in [1.82, 2.24) is 9.97 Å². The number of nitrogens with one attached hydrogen (secondary N) is 2. The number of nitro groups is 1. The zero-order valence-electron chi connectivity index (χ0n) is 16.8. The minimum Gasteiger partial charge on any atom is -0.378 e. The minimum atomic E-state index is -3.97. The Morgan fingerprint density at radius 1 is 1.00 bits per heavy atom. The first-order valence-corrected chi connectivity index (χ1v) is 11.0. The van der Waals surface area contributed by atoms with Gasteiger partial charge in [0.05, 0.1) is 15.5 Å². The largest absolute Gasteiger partial charge is 0.378 e. The van der Waals surface area contributed by atoms with Gasteiger partial charge in [0.15, 0.2) is 0 Å². The van der Waals surface area contributed by atoms with Gasteiger partial charge in [0, 0.05) is 38.1 Å². The fourth-order valence-electron chi connectivity index (χ4n) is 2.95. The van der Waals surface area contributed by atoms with Crippen molar-refractivity contribution in [2.45, 2.75) is 11.8 Å². The van der Waals surface area contributed by atoms with Crippen LogP contribution < -0.4 is 14.9 Å². The number of sulfonamides is 1. The van der Waals surface area contributed by atoms with Crippen molar-refractivity contribution >= 4 is 33.0 Å². The van der Waals surface area contributed by atoms with Crippen LogP contribution in [0.2, 0.25) is 0 Å². The molecule has 162 valence electrons. The van der Waals surface area contributed by atoms with Crippen molar-refractivity contribution < 1.29 is 13.3 Å². The Labute approximate surface area is 180 Å². The summed E-state index contributed by atoms with van der Waals surface area (Å²) in [5.74, 6) is 0.445. The standard InChI is InChI=1S/C20H22N6O4S/c1-2-25(16-7-4-3-5-8-16)31(29,30)17-9-10-18(19(15-17)26(27)28)21-13-14-24-20-22-11-6-12-23-20/h3-12,15,21H,2,13-14H2,1H3,(H,22,23,24). The van der Waals surface area contributed by atoms with Crippen LogP contribution in [0.5, 0.6) is 0 Å². The van der Waals surface area contributed by atoms with Gasteiger partial charge in [-0.3, -0.25) is 14.4 Å². The second-order valence-corrected chi connectivity index (χ2v) is 8.23. The molecule has 0 aliphatic carbocycles. The van der Waals surface area contributed by atoms with Crippen LogP contribution in [0.25, 0.3) is 0 Å². The van der Waals surface area contributed by atoms with E-state index in [9.17, 15) is 18.5 Å². The molecule has 0 radical (unpaired) electrons. The first kappa shape index (κ1) is 22.0. The van der Waals surface area contributed by atoms with Crippen molar-refractivity contribution in [1.29, 1.82) is 0 Å². The van der Waals surface area contributed by atoms with E-state index >= 15 is 0 Å². The number of para-hydroxylation sites is 1. The molecule has 0 spiro atoms. The summed E-state index contributed by atoms with van der Waals surface area (Å²) in [5, 5.41) is 17.5. The van der Waals surface area contributed by atoms with Crippen LogP contribution in [-0.4, -0.2) is 42.9 Å². The topological polar surface area (TPSA) is 130 Å². The highest BCUT2D eigenvalue weighted by molar-refractivity contribution is 7.92. The van der Waals surface area contributed by atoms with E-state index in [0.717, 1.165) is 6.07 Å². The number of nitrogens with zero attached hydrogens (tertiary/aromatic N) is 4. The van der Waals surface area contributed by atoms with E-state index in [2.05, 4.69) is 20.6 Å². The summed E-state index contributed by atoms with van der Waals surface area (Å²) < 4.78 is 27.5. The maximum absolute atomic E-state index is 13.1. The monoisotopic (exact) mass is 442 g/mol. The predicted octanol–water partition coefficient (Wildman–Crippen LogP) is 3.12. The van der Waals surface area contributed by atoms with Gasteiger partial charge in [-0.05, 0) is 37.3 Å². The fourth-order valence-corrected chi connectivity index (χ4v) is 4.44. The number of rotatable bonds is 10. The van der Waals surface area contributed by atoms with Crippen LogP contribution in [0.1, 0.15) is 6.92 Å². The molecule has 0 atom stereocenters. The second kappa shape index (κ2) is 9.85. The van der Waals surface area contributed by atoms with Gasteiger partial charge in [-0.25, -0.2) is 18.4 Å². The van der Waals surface area contributed by atoms with Crippen LogP contribution >= 0.6 is 0 Å². The number of anilines is 3. The van der Waals surface area contributed by atoms with Crippen LogP contribution in [0.4, 0.5) is 23.0 Å². The maximum atomic E-state index is 13.1. The van der Waals surface area contributed by atoms with E-state index in [0.29, 0.717) is 24.7 Å². The van der Waals surface area contributed by atoms with Gasteiger partial charge in [0.2, 0.25) is 5.95 Å². The molecule has 3 rings (SSSR count). The highest BCUT2D eigenvalue weighted by Gasteiger charge is 2.27. The lowest BCUT2D eigenvalue weighted by Crippen LogP contribution is -2.30. The first-order valence-electron chi connectivity index (χ1n) is 9.54. The average Bonchev–Trinajstić information content (AvgIpc) is 2.78. The first-order chi connectivity index (χ1) is 14.9. The van der Waals surface area contributed by atoms with E-state index < -0.39 is 14.9 Å². The summed E-state index contributed by atoms with van der Waals surface area (Å²) in [6.45, 7) is 2.65. The van der Waals surface area contributed by atoms with Crippen LogP contribution in [0, 0.1) is 10.1 Å². The molecule has 0 aliphatic rings. The molecule has 0 saturated carbocycles. The van der Waals surface area contributed by atoms with Crippen LogP contribution in [0.3, 0.4) is 0 Å². The van der Waals surface area contributed by atoms with Gasteiger partial charge >= 0.3 is 0 Å². The Bertz CT molecular complexity index is 1130. The molecular formula is C20H22N6O4S. The lowest BCUT2D eigenvalue weighted by molar-refractivity contribution is -0.384. The molecule has 0 unspecified atom stereocenters. The normalized spacial score (nSPS) is 11.0. The van der Waals surface area contributed by atoms with E-state index in [1.54, 1.807) is 55.7 Å². The third-order valence-electron chi connectivity index (χ3n) is 4.37. The summed E-state index contributed by atoms with van der Waals surface area (Å²) in [4.78, 5) is 18.9. The molecule has 1 heterocycles. The summed E-state index contributed by atoms with van der Waals surface area (Å²) in [6.07, 6.45) is 3.20. The molecule has 11 heteroatoms. The Morgan fingerprint density at radius 3 is 2.32 bits per heavy atom. The Hall–Kier alpha value is -3.73. The van der Waals surface area contributed by atoms with E-state index in [4.69, 9.17) is 0 Å². The third kappa shape index (κ3) is 5.25. The zero-order valence-corrected chi connectivity index (χ0v) is 17.6. The van der Waals surface area contributed by atoms with Crippen molar-refractivity contribution in [2.75, 3.05) is 34.6 Å². The maximum Gasteiger partial charge on any atom is 0.293 e. The molecule has 3 aromatic rings. The average molecular weight is 443 g/mol. The molecule has 31 heavy (non-hydrogen) atoms. The molecule has 0 bridgehead atoms. The number of aromatic nitrogens is 2.